The van der Waals surface area contributed by atoms with Gasteiger partial charge >= 0.3 is 5.97 Å². The molecule has 0 radical (unpaired) electrons. The molecule has 0 fully saturated rings. The monoisotopic (exact) mass is 277 g/mol. The summed E-state index contributed by atoms with van der Waals surface area (Å²) in [4.78, 5) is 25.3. The Kier molecular flexibility index (Phi) is 5.74. The number of aliphatic carboxylic acids is 1. The molecule has 0 saturated carbocycles. The fourth-order valence-electron chi connectivity index (χ4n) is 2.58. The van der Waals surface area contributed by atoms with E-state index in [0.717, 1.165) is 12.0 Å². The van der Waals surface area contributed by atoms with Crippen LogP contribution in [0.3, 0.4) is 0 Å². The lowest BCUT2D eigenvalue weighted by atomic mass is 9.86. The second-order valence-electron chi connectivity index (χ2n) is 5.02. The molecule has 0 spiro atoms. The summed E-state index contributed by atoms with van der Waals surface area (Å²) < 4.78 is 0. The summed E-state index contributed by atoms with van der Waals surface area (Å²) >= 11 is 0. The topological polar surface area (TPSA) is 57.6 Å². The average molecular weight is 277 g/mol. The molecular weight excluding hydrogens is 254 g/mol. The van der Waals surface area contributed by atoms with Gasteiger partial charge in [-0.25, -0.2) is 4.79 Å². The van der Waals surface area contributed by atoms with Gasteiger partial charge in [0.25, 0.3) is 0 Å². The highest BCUT2D eigenvalue weighted by Gasteiger charge is 2.43. The molecule has 1 aromatic carbocycles. The Bertz CT molecular complexity index is 458. The molecule has 1 unspecified atom stereocenters. The van der Waals surface area contributed by atoms with E-state index in [-0.39, 0.29) is 5.91 Å². The molecule has 4 heteroatoms. The van der Waals surface area contributed by atoms with E-state index in [0.29, 0.717) is 19.4 Å². The summed E-state index contributed by atoms with van der Waals surface area (Å²) in [5.74, 6) is -1.13. The van der Waals surface area contributed by atoms with E-state index < -0.39 is 11.5 Å². The van der Waals surface area contributed by atoms with Crippen LogP contribution in [0.1, 0.15) is 39.2 Å². The van der Waals surface area contributed by atoms with Crippen LogP contribution in [0.15, 0.2) is 30.3 Å². The molecule has 0 heterocycles. The second kappa shape index (κ2) is 7.08. The van der Waals surface area contributed by atoms with Gasteiger partial charge in [-0.05, 0) is 18.4 Å². The summed E-state index contributed by atoms with van der Waals surface area (Å²) in [6, 6.07) is 9.47. The summed E-state index contributed by atoms with van der Waals surface area (Å²) in [5.41, 5.74) is -0.234. The third-order valence-corrected chi connectivity index (χ3v) is 3.67. The predicted octanol–water partition coefficient (Wildman–Crippen LogP) is 2.72. The predicted molar refractivity (Wildman–Crippen MR) is 78.5 cm³/mol. The van der Waals surface area contributed by atoms with E-state index in [1.54, 1.807) is 0 Å². The van der Waals surface area contributed by atoms with Gasteiger partial charge in [-0.1, -0.05) is 44.2 Å². The van der Waals surface area contributed by atoms with Gasteiger partial charge in [-0.15, -0.1) is 0 Å². The first-order valence-electron chi connectivity index (χ1n) is 7.03. The van der Waals surface area contributed by atoms with Crippen LogP contribution in [0, 0.1) is 0 Å². The van der Waals surface area contributed by atoms with Gasteiger partial charge in [0, 0.05) is 19.9 Å². The van der Waals surface area contributed by atoms with Gasteiger partial charge in [-0.3, -0.25) is 4.79 Å². The van der Waals surface area contributed by atoms with E-state index in [1.807, 2.05) is 44.2 Å². The van der Waals surface area contributed by atoms with Crippen molar-refractivity contribution in [2.24, 2.45) is 0 Å². The van der Waals surface area contributed by atoms with Gasteiger partial charge in [0.1, 0.15) is 5.54 Å². The Balaban J connectivity index is 3.20. The number of nitrogens with zero attached hydrogens (tertiary/aromatic N) is 1. The summed E-state index contributed by atoms with van der Waals surface area (Å²) in [5, 5.41) is 9.74. The summed E-state index contributed by atoms with van der Waals surface area (Å²) in [7, 11) is 0. The minimum absolute atomic E-state index is 0.188. The number of rotatable bonds is 7. The maximum absolute atomic E-state index is 11.9. The average Bonchev–Trinajstić information content (AvgIpc) is 2.43. The third-order valence-electron chi connectivity index (χ3n) is 3.67. The lowest BCUT2D eigenvalue weighted by Crippen LogP contribution is -2.58. The maximum Gasteiger partial charge on any atom is 0.329 e. The molecule has 1 rings (SSSR count). The molecule has 0 aliphatic heterocycles. The van der Waals surface area contributed by atoms with E-state index in [1.165, 1.54) is 11.8 Å². The number of benzene rings is 1. The Morgan fingerprint density at radius 1 is 1.20 bits per heavy atom. The molecule has 20 heavy (non-hydrogen) atoms. The Morgan fingerprint density at radius 2 is 1.80 bits per heavy atom. The normalized spacial score (nSPS) is 13.6. The van der Waals surface area contributed by atoms with E-state index in [2.05, 4.69) is 0 Å². The number of hydrogen-bond donors (Lipinski definition) is 1. The number of carbonyl (C=O) groups excluding carboxylic acids is 1. The van der Waals surface area contributed by atoms with Gasteiger partial charge in [0.05, 0.1) is 0 Å². The van der Waals surface area contributed by atoms with Crippen LogP contribution in [0.5, 0.6) is 0 Å². The van der Waals surface area contributed by atoms with Crippen molar-refractivity contribution in [2.75, 3.05) is 6.54 Å². The largest absolute Gasteiger partial charge is 0.479 e. The smallest absolute Gasteiger partial charge is 0.329 e. The van der Waals surface area contributed by atoms with Crippen LogP contribution < -0.4 is 0 Å². The Labute approximate surface area is 120 Å². The van der Waals surface area contributed by atoms with Gasteiger partial charge in [0.2, 0.25) is 5.91 Å². The molecule has 1 atom stereocenters. The molecule has 110 valence electrons. The first kappa shape index (κ1) is 16.2. The summed E-state index contributed by atoms with van der Waals surface area (Å²) in [6.07, 6.45) is 1.46. The summed E-state index contributed by atoms with van der Waals surface area (Å²) in [6.45, 7) is 5.67. The SMILES string of the molecule is CCCN(C(C)=O)C(CC)(Cc1ccccc1)C(=O)O. The molecule has 0 saturated heterocycles. The number of carboxylic acid groups (broad SMARTS) is 1. The zero-order chi connectivity index (χ0) is 15.2. The molecule has 0 bridgehead atoms. The fraction of sp³-hybridized carbons (Fsp3) is 0.500. The van der Waals surface area contributed by atoms with Crippen LogP contribution >= 0.6 is 0 Å². The zero-order valence-electron chi connectivity index (χ0n) is 12.4. The first-order chi connectivity index (χ1) is 9.47. The number of carboxylic acids is 1. The van der Waals surface area contributed by atoms with Crippen molar-refractivity contribution in [3.05, 3.63) is 35.9 Å². The minimum atomic E-state index is -1.16. The quantitative estimate of drug-likeness (QED) is 0.833. The van der Waals surface area contributed by atoms with Crippen LogP contribution in [0.25, 0.3) is 0 Å². The van der Waals surface area contributed by atoms with E-state index in [4.69, 9.17) is 0 Å². The van der Waals surface area contributed by atoms with Crippen molar-refractivity contribution in [2.45, 2.75) is 45.6 Å². The van der Waals surface area contributed by atoms with E-state index in [9.17, 15) is 14.7 Å². The van der Waals surface area contributed by atoms with Crippen molar-refractivity contribution in [1.82, 2.24) is 4.90 Å². The van der Waals surface area contributed by atoms with Crippen LogP contribution in [-0.4, -0.2) is 34.0 Å². The van der Waals surface area contributed by atoms with Crippen molar-refractivity contribution in [1.29, 1.82) is 0 Å². The lowest BCUT2D eigenvalue weighted by Gasteiger charge is -2.40. The van der Waals surface area contributed by atoms with Crippen LogP contribution in [0.4, 0.5) is 0 Å². The number of hydrogen-bond acceptors (Lipinski definition) is 2. The molecule has 0 aromatic heterocycles. The molecule has 4 nitrogen and oxygen atoms in total. The molecular formula is C16H23NO3. The minimum Gasteiger partial charge on any atom is -0.479 e. The highest BCUT2D eigenvalue weighted by Crippen LogP contribution is 2.26. The van der Waals surface area contributed by atoms with E-state index >= 15 is 0 Å². The number of carbonyl (C=O) groups is 2. The molecule has 0 aliphatic carbocycles. The van der Waals surface area contributed by atoms with Crippen LogP contribution in [-0.2, 0) is 16.0 Å². The van der Waals surface area contributed by atoms with Crippen molar-refractivity contribution >= 4 is 11.9 Å². The van der Waals surface area contributed by atoms with Crippen molar-refractivity contribution in [3.63, 3.8) is 0 Å². The molecule has 0 aliphatic rings. The van der Waals surface area contributed by atoms with Crippen molar-refractivity contribution < 1.29 is 14.7 Å². The van der Waals surface area contributed by atoms with Gasteiger partial charge < -0.3 is 10.0 Å². The molecule has 1 aromatic rings. The maximum atomic E-state index is 11.9. The standard InChI is InChI=1S/C16H23NO3/c1-4-11-17(13(3)18)16(5-2,15(19)20)12-14-9-7-6-8-10-14/h6-10H,4-5,11-12H2,1-3H3,(H,19,20). The second-order valence-corrected chi connectivity index (χ2v) is 5.02. The van der Waals surface area contributed by atoms with Crippen molar-refractivity contribution in [3.8, 4) is 0 Å². The Hall–Kier alpha value is -1.84. The van der Waals surface area contributed by atoms with Crippen LogP contribution in [0.2, 0.25) is 0 Å². The highest BCUT2D eigenvalue weighted by atomic mass is 16.4. The lowest BCUT2D eigenvalue weighted by molar-refractivity contribution is -0.159. The van der Waals surface area contributed by atoms with Gasteiger partial charge in [-0.2, -0.15) is 0 Å². The fourth-order valence-corrected chi connectivity index (χ4v) is 2.58. The first-order valence-corrected chi connectivity index (χ1v) is 7.03. The van der Waals surface area contributed by atoms with Gasteiger partial charge in [0.15, 0.2) is 0 Å². The Morgan fingerprint density at radius 3 is 2.20 bits per heavy atom. The zero-order valence-corrected chi connectivity index (χ0v) is 12.4. The molecule has 1 N–H and O–H groups in total. The molecule has 1 amide bonds. The highest BCUT2D eigenvalue weighted by molar-refractivity contribution is 5.86. The third kappa shape index (κ3) is 3.38. The number of amides is 1.